The van der Waals surface area contributed by atoms with E-state index in [0.717, 1.165) is 50.5 Å². The Kier molecular flexibility index (Phi) is 11.8. The van der Waals surface area contributed by atoms with Crippen LogP contribution in [0.4, 0.5) is 11.4 Å². The van der Waals surface area contributed by atoms with Gasteiger partial charge in [-0.3, -0.25) is 9.59 Å². The molecule has 4 aromatic heterocycles. The molecule has 0 spiro atoms. The highest BCUT2D eigenvalue weighted by Gasteiger charge is 2.27. The molecule has 0 radical (unpaired) electrons. The van der Waals surface area contributed by atoms with E-state index in [9.17, 15) is 19.8 Å². The second kappa shape index (κ2) is 16.7. The van der Waals surface area contributed by atoms with Crippen LogP contribution in [-0.2, 0) is 0 Å². The van der Waals surface area contributed by atoms with Crippen molar-refractivity contribution < 1.29 is 19.8 Å². The summed E-state index contributed by atoms with van der Waals surface area (Å²) < 4.78 is 3.47. The fourth-order valence-corrected chi connectivity index (χ4v) is 7.15. The highest BCUT2D eigenvalue weighted by molar-refractivity contribution is 6.29. The number of nitrogens with one attached hydrogen (secondary N) is 2. The number of hydrogen-bond acceptors (Lipinski definition) is 10. The van der Waals surface area contributed by atoms with E-state index in [-0.39, 0.29) is 11.6 Å². The number of hydrogen-bond donors (Lipinski definition) is 4. The number of ketones is 2. The SMILES string of the molecule is C=Cc1cc(NCC(C)(C)O)c2ncc(-c3ccc(C(=O)CC4CC4)c(C)c3)n2n1.Cc1cc(-c2cnc3c(NCC(C)(C)O)cc(Cl)nn23)ccc1C(=O)CC1CC1. The second-order valence-electron chi connectivity index (χ2n) is 17.4. The number of carbonyl (C=O) groups is 2. The van der Waals surface area contributed by atoms with Gasteiger partial charge in [0.15, 0.2) is 28.0 Å². The Morgan fingerprint density at radius 1 is 0.746 bits per heavy atom. The third-order valence-corrected chi connectivity index (χ3v) is 10.7. The first-order valence-corrected chi connectivity index (χ1v) is 20.6. The van der Waals surface area contributed by atoms with Crippen molar-refractivity contribution >= 4 is 51.9 Å². The molecule has 2 saturated carbocycles. The van der Waals surface area contributed by atoms with E-state index in [4.69, 9.17) is 11.6 Å². The Bertz CT molecular complexity index is 2550. The maximum absolute atomic E-state index is 12.5. The normalized spacial score (nSPS) is 14.3. The third-order valence-electron chi connectivity index (χ3n) is 10.5. The van der Waals surface area contributed by atoms with Gasteiger partial charge in [0.05, 0.1) is 52.1 Å². The Morgan fingerprint density at radius 2 is 1.19 bits per heavy atom. The molecule has 0 aliphatic heterocycles. The van der Waals surface area contributed by atoms with Gasteiger partial charge in [-0.15, -0.1) is 0 Å². The lowest BCUT2D eigenvalue weighted by Gasteiger charge is -2.19. The van der Waals surface area contributed by atoms with Crippen LogP contribution in [0.2, 0.25) is 5.15 Å². The highest BCUT2D eigenvalue weighted by Crippen LogP contribution is 2.36. The largest absolute Gasteiger partial charge is 0.389 e. The first-order chi connectivity index (χ1) is 28.0. The lowest BCUT2D eigenvalue weighted by molar-refractivity contribution is 0.0939. The number of imidazole rings is 2. The summed E-state index contributed by atoms with van der Waals surface area (Å²) in [6, 6.07) is 15.3. The van der Waals surface area contributed by atoms with E-state index in [2.05, 4.69) is 37.4 Å². The minimum atomic E-state index is -0.873. The van der Waals surface area contributed by atoms with Gasteiger partial charge in [0.1, 0.15) is 0 Å². The maximum Gasteiger partial charge on any atom is 0.177 e. The number of rotatable bonds is 15. The van der Waals surface area contributed by atoms with Gasteiger partial charge in [-0.2, -0.15) is 10.2 Å². The molecule has 6 aromatic rings. The molecule has 2 aliphatic rings. The number of nitrogens with zero attached hydrogens (tertiary/aromatic N) is 6. The lowest BCUT2D eigenvalue weighted by atomic mass is 9.98. The molecule has 13 heteroatoms. The summed E-state index contributed by atoms with van der Waals surface area (Å²) in [5.41, 5.74) is 8.74. The minimum Gasteiger partial charge on any atom is -0.389 e. The standard InChI is InChI=1S/C24H28N4O2.C22H25ClN4O2/c1-5-18-12-20(26-14-24(3,4)30)23-25-13-21(28(23)27-18)17-8-9-19(15(2)10-17)22(29)11-16-6-7-16;1-13-8-15(6-7-16(13)19(28)9-14-4-5-14)18-11-24-21-17(25-12-22(2,3)29)10-20(23)26-27(18)21/h5,8-10,12-13,16,26,30H,1,6-7,11,14H2,2-4H3;6-8,10-11,14,25,29H,4-5,9,12H2,1-3H3. The summed E-state index contributed by atoms with van der Waals surface area (Å²) >= 11 is 6.24. The molecule has 4 heterocycles. The van der Waals surface area contributed by atoms with Crippen molar-refractivity contribution in [3.8, 4) is 22.5 Å². The molecule has 0 atom stereocenters. The van der Waals surface area contributed by atoms with E-state index in [1.807, 2.05) is 56.3 Å². The first kappa shape index (κ1) is 41.7. The van der Waals surface area contributed by atoms with Crippen molar-refractivity contribution in [2.24, 2.45) is 11.8 Å². The van der Waals surface area contributed by atoms with Gasteiger partial charge in [0.25, 0.3) is 0 Å². The number of anilines is 2. The number of benzene rings is 2. The smallest absolute Gasteiger partial charge is 0.177 e. The summed E-state index contributed by atoms with van der Waals surface area (Å²) in [5.74, 6) is 1.59. The lowest BCUT2D eigenvalue weighted by Crippen LogP contribution is -2.29. The number of aromatic nitrogens is 6. The number of aryl methyl sites for hydroxylation is 2. The Labute approximate surface area is 349 Å². The zero-order valence-electron chi connectivity index (χ0n) is 34.6. The van der Waals surface area contributed by atoms with Gasteiger partial charge in [-0.25, -0.2) is 19.0 Å². The zero-order chi connectivity index (χ0) is 42.2. The molecule has 308 valence electrons. The van der Waals surface area contributed by atoms with Crippen molar-refractivity contribution in [1.82, 2.24) is 29.2 Å². The van der Waals surface area contributed by atoms with Crippen molar-refractivity contribution in [3.05, 3.63) is 101 Å². The molecule has 2 aromatic carbocycles. The maximum atomic E-state index is 12.5. The van der Waals surface area contributed by atoms with E-state index in [1.165, 1.54) is 25.7 Å². The summed E-state index contributed by atoms with van der Waals surface area (Å²) in [7, 11) is 0. The molecule has 0 amide bonds. The molecule has 2 fully saturated rings. The van der Waals surface area contributed by atoms with Crippen molar-refractivity contribution in [2.75, 3.05) is 23.7 Å². The number of halogens is 1. The molecule has 4 N–H and O–H groups in total. The topological polar surface area (TPSA) is 159 Å². The molecule has 59 heavy (non-hydrogen) atoms. The second-order valence-corrected chi connectivity index (χ2v) is 17.7. The number of carbonyl (C=O) groups excluding carboxylic acids is 2. The van der Waals surface area contributed by atoms with Crippen LogP contribution < -0.4 is 10.6 Å². The van der Waals surface area contributed by atoms with E-state index >= 15 is 0 Å². The molecular weight excluding hydrogens is 764 g/mol. The first-order valence-electron chi connectivity index (χ1n) is 20.2. The average molecular weight is 817 g/mol. The number of Topliss-reactive ketones (excluding diaryl/α,β-unsaturated/α-hetero) is 2. The van der Waals surface area contributed by atoms with Gasteiger partial charge in [0, 0.05) is 54.3 Å². The van der Waals surface area contributed by atoms with Crippen LogP contribution in [0, 0.1) is 25.7 Å². The molecule has 0 unspecified atom stereocenters. The third kappa shape index (κ3) is 10.2. The Morgan fingerprint density at radius 3 is 1.59 bits per heavy atom. The van der Waals surface area contributed by atoms with Crippen LogP contribution in [0.1, 0.15) is 104 Å². The van der Waals surface area contributed by atoms with Crippen LogP contribution in [0.3, 0.4) is 0 Å². The molecule has 12 nitrogen and oxygen atoms in total. The molecule has 8 rings (SSSR count). The van der Waals surface area contributed by atoms with Crippen molar-refractivity contribution in [2.45, 2.75) is 91.3 Å². The van der Waals surface area contributed by atoms with Crippen molar-refractivity contribution in [1.29, 1.82) is 0 Å². The van der Waals surface area contributed by atoms with Crippen LogP contribution in [0.25, 0.3) is 39.9 Å². The predicted molar refractivity (Wildman–Crippen MR) is 234 cm³/mol. The fourth-order valence-electron chi connectivity index (χ4n) is 6.96. The Hall–Kier alpha value is -5.43. The van der Waals surface area contributed by atoms with Crippen LogP contribution in [-0.4, -0.2) is 75.3 Å². The minimum absolute atomic E-state index is 0.217. The fraction of sp³-hybridized carbons (Fsp3) is 0.391. The molecular formula is C46H53ClN8O4. The zero-order valence-corrected chi connectivity index (χ0v) is 35.4. The van der Waals surface area contributed by atoms with E-state index in [1.54, 1.807) is 61.3 Å². The number of fused-ring (bicyclic) bond motifs is 2. The molecule has 2 aliphatic carbocycles. The summed E-state index contributed by atoms with van der Waals surface area (Å²) in [6.45, 7) is 15.5. The van der Waals surface area contributed by atoms with Gasteiger partial charge in [-0.1, -0.05) is 42.4 Å². The van der Waals surface area contributed by atoms with E-state index in [0.29, 0.717) is 65.6 Å². The summed E-state index contributed by atoms with van der Waals surface area (Å²) in [4.78, 5) is 34.1. The van der Waals surface area contributed by atoms with Gasteiger partial charge in [-0.05, 0) is 114 Å². The molecule has 0 bridgehead atoms. The summed E-state index contributed by atoms with van der Waals surface area (Å²) in [6.07, 6.45) is 11.2. The van der Waals surface area contributed by atoms with Crippen LogP contribution >= 0.6 is 11.6 Å². The number of aliphatic hydroxyl groups is 2. The predicted octanol–water partition coefficient (Wildman–Crippen LogP) is 9.04. The van der Waals surface area contributed by atoms with Crippen LogP contribution in [0.5, 0.6) is 0 Å². The van der Waals surface area contributed by atoms with Gasteiger partial charge >= 0.3 is 0 Å². The summed E-state index contributed by atoms with van der Waals surface area (Å²) in [5, 5.41) is 35.9. The highest BCUT2D eigenvalue weighted by atomic mass is 35.5. The van der Waals surface area contributed by atoms with E-state index < -0.39 is 11.2 Å². The van der Waals surface area contributed by atoms with Gasteiger partial charge < -0.3 is 20.8 Å². The van der Waals surface area contributed by atoms with Gasteiger partial charge in [0.2, 0.25) is 0 Å². The van der Waals surface area contributed by atoms with Crippen LogP contribution in [0.15, 0.2) is 67.5 Å². The monoisotopic (exact) mass is 816 g/mol. The molecule has 0 saturated heterocycles. The average Bonchev–Trinajstić information content (AvgIpc) is 4.09. The quantitative estimate of drug-likeness (QED) is 0.0737. The Balaban J connectivity index is 0.000000179. The van der Waals surface area contributed by atoms with Crippen molar-refractivity contribution in [3.63, 3.8) is 0 Å².